The number of aryl methyl sites for hydroxylation is 1. The fourth-order valence-electron chi connectivity index (χ4n) is 1.66. The summed E-state index contributed by atoms with van der Waals surface area (Å²) in [6.07, 6.45) is 0. The summed E-state index contributed by atoms with van der Waals surface area (Å²) in [5.41, 5.74) is 0.922. The maximum atomic E-state index is 5.84. The average Bonchev–Trinajstić information content (AvgIpc) is 2.38. The van der Waals surface area contributed by atoms with Gasteiger partial charge in [-0.3, -0.25) is 0 Å². The molecule has 0 bridgehead atoms. The van der Waals surface area contributed by atoms with Crippen LogP contribution in [0.25, 0.3) is 0 Å². The number of hydrogen-bond donors (Lipinski definition) is 1. The van der Waals surface area contributed by atoms with Crippen LogP contribution in [0.15, 0.2) is 24.3 Å². The van der Waals surface area contributed by atoms with Gasteiger partial charge in [0.1, 0.15) is 17.4 Å². The molecule has 0 radical (unpaired) electrons. The molecule has 0 saturated carbocycles. The Labute approximate surface area is 126 Å². The topological polar surface area (TPSA) is 47.0 Å². The molecule has 1 aromatic carbocycles. The van der Waals surface area contributed by atoms with Crippen molar-refractivity contribution in [2.75, 3.05) is 11.9 Å². The van der Waals surface area contributed by atoms with Crippen LogP contribution in [0.3, 0.4) is 0 Å². The van der Waals surface area contributed by atoms with Crippen LogP contribution in [0.4, 0.5) is 5.82 Å². The Kier molecular flexibility index (Phi) is 4.57. The summed E-state index contributed by atoms with van der Waals surface area (Å²) >= 11 is 2.26. The molecule has 0 aliphatic rings. The molecule has 0 amide bonds. The summed E-state index contributed by atoms with van der Waals surface area (Å²) in [6, 6.07) is 7.88. The zero-order valence-electron chi connectivity index (χ0n) is 11.2. The van der Waals surface area contributed by atoms with Crippen molar-refractivity contribution < 1.29 is 4.74 Å². The Hall–Kier alpha value is -1.37. The summed E-state index contributed by atoms with van der Waals surface area (Å²) in [6.45, 7) is 6.68. The molecule has 5 heteroatoms. The molecular weight excluding hydrogens is 353 g/mol. The fourth-order valence-corrected chi connectivity index (χ4v) is 2.02. The molecule has 0 atom stereocenters. The van der Waals surface area contributed by atoms with Gasteiger partial charge in [0.2, 0.25) is 5.88 Å². The molecule has 0 aliphatic heterocycles. The van der Waals surface area contributed by atoms with Gasteiger partial charge in [0, 0.05) is 10.1 Å². The lowest BCUT2D eigenvalue weighted by molar-refractivity contribution is 0.456. The lowest BCUT2D eigenvalue weighted by Crippen LogP contribution is -2.06. The first kappa shape index (κ1) is 14.0. The van der Waals surface area contributed by atoms with Crippen molar-refractivity contribution in [2.45, 2.75) is 20.8 Å². The second-order valence-electron chi connectivity index (χ2n) is 4.14. The van der Waals surface area contributed by atoms with Gasteiger partial charge in [0.25, 0.3) is 0 Å². The highest BCUT2D eigenvalue weighted by Gasteiger charge is 2.10. The van der Waals surface area contributed by atoms with Gasteiger partial charge in [-0.2, -0.15) is 4.98 Å². The van der Waals surface area contributed by atoms with Gasteiger partial charge in [-0.05, 0) is 67.6 Å². The standard InChI is InChI=1S/C14H16IN3O/c1-4-16-13-9(2)14(18-10(3)17-13)19-12-7-5-11(15)6-8-12/h5-8H,4H2,1-3H3,(H,16,17,18). The molecular formula is C14H16IN3O. The minimum absolute atomic E-state index is 0.602. The monoisotopic (exact) mass is 369 g/mol. The second kappa shape index (κ2) is 6.18. The van der Waals surface area contributed by atoms with E-state index in [1.165, 1.54) is 3.57 Å². The van der Waals surface area contributed by atoms with Gasteiger partial charge in [-0.25, -0.2) is 4.98 Å². The van der Waals surface area contributed by atoms with E-state index in [2.05, 4.69) is 37.9 Å². The van der Waals surface area contributed by atoms with Gasteiger partial charge >= 0.3 is 0 Å². The SMILES string of the molecule is CCNc1nc(C)nc(Oc2ccc(I)cc2)c1C. The molecule has 1 aromatic heterocycles. The van der Waals surface area contributed by atoms with Crippen molar-refractivity contribution in [1.82, 2.24) is 9.97 Å². The van der Waals surface area contributed by atoms with Gasteiger partial charge in [0.15, 0.2) is 0 Å². The zero-order chi connectivity index (χ0) is 13.8. The number of anilines is 1. The fraction of sp³-hybridized carbons (Fsp3) is 0.286. The molecule has 1 heterocycles. The van der Waals surface area contributed by atoms with E-state index in [0.717, 1.165) is 23.7 Å². The quantitative estimate of drug-likeness (QED) is 0.830. The van der Waals surface area contributed by atoms with Crippen LogP contribution < -0.4 is 10.1 Å². The van der Waals surface area contributed by atoms with Crippen LogP contribution in [0.5, 0.6) is 11.6 Å². The highest BCUT2D eigenvalue weighted by Crippen LogP contribution is 2.27. The van der Waals surface area contributed by atoms with E-state index in [1.807, 2.05) is 45.0 Å². The first-order valence-corrected chi connectivity index (χ1v) is 7.20. The number of benzene rings is 1. The highest BCUT2D eigenvalue weighted by molar-refractivity contribution is 14.1. The highest BCUT2D eigenvalue weighted by atomic mass is 127. The smallest absolute Gasteiger partial charge is 0.227 e. The van der Waals surface area contributed by atoms with Crippen LogP contribution in [-0.2, 0) is 0 Å². The van der Waals surface area contributed by atoms with E-state index in [1.54, 1.807) is 0 Å². The molecule has 0 aliphatic carbocycles. The summed E-state index contributed by atoms with van der Waals surface area (Å²) in [5.74, 6) is 2.91. The van der Waals surface area contributed by atoms with E-state index in [0.29, 0.717) is 11.7 Å². The third-order valence-electron chi connectivity index (χ3n) is 2.59. The number of nitrogens with one attached hydrogen (secondary N) is 1. The van der Waals surface area contributed by atoms with E-state index >= 15 is 0 Å². The Bertz CT molecular complexity index is 570. The predicted octanol–water partition coefficient (Wildman–Crippen LogP) is 3.92. The van der Waals surface area contributed by atoms with E-state index in [-0.39, 0.29) is 0 Å². The molecule has 0 spiro atoms. The number of halogens is 1. The Morgan fingerprint density at radius 2 is 1.84 bits per heavy atom. The second-order valence-corrected chi connectivity index (χ2v) is 5.38. The number of hydrogen-bond acceptors (Lipinski definition) is 4. The summed E-state index contributed by atoms with van der Waals surface area (Å²) in [5, 5.41) is 3.22. The lowest BCUT2D eigenvalue weighted by Gasteiger charge is -2.12. The Morgan fingerprint density at radius 3 is 2.47 bits per heavy atom. The number of nitrogens with zero attached hydrogens (tertiary/aromatic N) is 2. The average molecular weight is 369 g/mol. The Balaban J connectivity index is 2.31. The van der Waals surface area contributed by atoms with Crippen molar-refractivity contribution >= 4 is 28.4 Å². The van der Waals surface area contributed by atoms with Crippen LogP contribution in [0.2, 0.25) is 0 Å². The minimum Gasteiger partial charge on any atom is -0.439 e. The van der Waals surface area contributed by atoms with Crippen LogP contribution in [-0.4, -0.2) is 16.5 Å². The Morgan fingerprint density at radius 1 is 1.16 bits per heavy atom. The van der Waals surface area contributed by atoms with E-state index < -0.39 is 0 Å². The largest absolute Gasteiger partial charge is 0.439 e. The van der Waals surface area contributed by atoms with Crippen molar-refractivity contribution in [3.63, 3.8) is 0 Å². The van der Waals surface area contributed by atoms with Crippen molar-refractivity contribution in [2.24, 2.45) is 0 Å². The third kappa shape index (κ3) is 3.56. The molecule has 100 valence electrons. The van der Waals surface area contributed by atoms with Gasteiger partial charge < -0.3 is 10.1 Å². The maximum Gasteiger partial charge on any atom is 0.227 e. The third-order valence-corrected chi connectivity index (χ3v) is 3.30. The molecule has 0 fully saturated rings. The number of ether oxygens (including phenoxy) is 1. The van der Waals surface area contributed by atoms with Gasteiger partial charge in [-0.15, -0.1) is 0 Å². The number of rotatable bonds is 4. The summed E-state index contributed by atoms with van der Waals surface area (Å²) in [4.78, 5) is 8.73. The van der Waals surface area contributed by atoms with Gasteiger partial charge in [0.05, 0.1) is 5.56 Å². The van der Waals surface area contributed by atoms with E-state index in [4.69, 9.17) is 4.74 Å². The lowest BCUT2D eigenvalue weighted by atomic mass is 10.3. The molecule has 0 saturated heterocycles. The van der Waals surface area contributed by atoms with Crippen LogP contribution >= 0.6 is 22.6 Å². The van der Waals surface area contributed by atoms with Crippen molar-refractivity contribution in [3.05, 3.63) is 39.2 Å². The van der Waals surface area contributed by atoms with Crippen molar-refractivity contribution in [3.8, 4) is 11.6 Å². The van der Waals surface area contributed by atoms with Crippen molar-refractivity contribution in [1.29, 1.82) is 0 Å². The molecule has 2 aromatic rings. The van der Waals surface area contributed by atoms with Gasteiger partial charge in [-0.1, -0.05) is 0 Å². The minimum atomic E-state index is 0.602. The van der Waals surface area contributed by atoms with Crippen LogP contribution in [0.1, 0.15) is 18.3 Å². The molecule has 2 rings (SSSR count). The molecule has 1 N–H and O–H groups in total. The molecule has 19 heavy (non-hydrogen) atoms. The molecule has 0 unspecified atom stereocenters. The zero-order valence-corrected chi connectivity index (χ0v) is 13.4. The molecule has 4 nitrogen and oxygen atoms in total. The summed E-state index contributed by atoms with van der Waals surface area (Å²) in [7, 11) is 0. The predicted molar refractivity (Wildman–Crippen MR) is 84.9 cm³/mol. The normalized spacial score (nSPS) is 10.3. The first-order valence-electron chi connectivity index (χ1n) is 6.12. The number of aromatic nitrogens is 2. The van der Waals surface area contributed by atoms with Crippen LogP contribution in [0, 0.1) is 17.4 Å². The first-order chi connectivity index (χ1) is 9.10. The maximum absolute atomic E-state index is 5.84. The van der Waals surface area contributed by atoms with E-state index in [9.17, 15) is 0 Å². The summed E-state index contributed by atoms with van der Waals surface area (Å²) < 4.78 is 7.01.